The second-order valence-electron chi connectivity index (χ2n) is 2.49. The molecule has 0 bridgehead atoms. The third-order valence-corrected chi connectivity index (χ3v) is 2.45. The van der Waals surface area contributed by atoms with Crippen molar-refractivity contribution >= 4 is 15.6 Å². The summed E-state index contributed by atoms with van der Waals surface area (Å²) in [4.78, 5) is 31.0. The highest BCUT2D eigenvalue weighted by atomic mass is 31.3. The zero-order valence-electron chi connectivity index (χ0n) is 7.98. The smallest absolute Gasteiger partial charge is 0.396 e. The Morgan fingerprint density at radius 3 is 1.53 bits per heavy atom. The average Bonchev–Trinajstić information content (AvgIpc) is 1.77. The molecule has 0 aromatic carbocycles. The van der Waals surface area contributed by atoms with E-state index in [-0.39, 0.29) is 6.61 Å². The molecule has 0 heterocycles. The van der Waals surface area contributed by atoms with Crippen molar-refractivity contribution in [1.29, 1.82) is 0 Å². The third-order valence-electron chi connectivity index (χ3n) is 0.751. The normalized spacial score (nSPS) is 11.6. The molecule has 0 unspecified atom stereocenters. The third kappa shape index (κ3) is 24.9. The molecule has 0 spiro atoms. The zero-order chi connectivity index (χ0) is 12.7. The monoisotopic (exact) mass is 264 g/mol. The highest BCUT2D eigenvalue weighted by Crippen LogP contribution is 2.53. The number of phosphoric acid groups is 2. The Kier molecular flexibility index (Phi) is 8.41. The molecule has 0 aliphatic carbocycles. The molecule has 0 aliphatic rings. The van der Waals surface area contributed by atoms with Crippen molar-refractivity contribution in [2.75, 3.05) is 6.61 Å². The Balaban J connectivity index is 0. The van der Waals surface area contributed by atoms with Gasteiger partial charge in [0, 0.05) is 6.61 Å². The summed E-state index contributed by atoms with van der Waals surface area (Å²) in [5, 5.41) is 8.18. The van der Waals surface area contributed by atoms with Gasteiger partial charge in [0.25, 0.3) is 0 Å². The lowest BCUT2D eigenvalue weighted by Gasteiger charge is -2.03. The first-order valence-electron chi connectivity index (χ1n) is 3.55. The SMILES string of the molecule is C=C(C)CCO.O=P(O)(O)OP(=O)(O)O. The minimum absolute atomic E-state index is 0.231. The van der Waals surface area contributed by atoms with Crippen LogP contribution in [-0.2, 0) is 13.4 Å². The van der Waals surface area contributed by atoms with Gasteiger partial charge in [0.1, 0.15) is 0 Å². The summed E-state index contributed by atoms with van der Waals surface area (Å²) in [5.74, 6) is 0. The van der Waals surface area contributed by atoms with Crippen molar-refractivity contribution < 1.29 is 38.1 Å². The van der Waals surface area contributed by atoms with Crippen molar-refractivity contribution in [1.82, 2.24) is 0 Å². The molecule has 0 fully saturated rings. The lowest BCUT2D eigenvalue weighted by molar-refractivity contribution is 0.225. The maximum absolute atomic E-state index is 9.63. The predicted molar refractivity (Wildman–Crippen MR) is 51.7 cm³/mol. The van der Waals surface area contributed by atoms with Crippen LogP contribution in [0.5, 0.6) is 0 Å². The molecule has 8 nitrogen and oxygen atoms in total. The van der Waals surface area contributed by atoms with Gasteiger partial charge in [0.15, 0.2) is 0 Å². The van der Waals surface area contributed by atoms with E-state index in [1.165, 1.54) is 0 Å². The topological polar surface area (TPSA) is 145 Å². The molecule has 0 radical (unpaired) electrons. The van der Waals surface area contributed by atoms with Gasteiger partial charge in [0.05, 0.1) is 0 Å². The van der Waals surface area contributed by atoms with Crippen LogP contribution >= 0.6 is 15.6 Å². The summed E-state index contributed by atoms with van der Waals surface area (Å²) in [6, 6.07) is 0. The van der Waals surface area contributed by atoms with E-state index in [1.54, 1.807) is 0 Å². The number of hydrogen-bond acceptors (Lipinski definition) is 4. The molecule has 0 rings (SSSR count). The molecular formula is C5H14O8P2. The molecular weight excluding hydrogens is 250 g/mol. The first-order chi connectivity index (χ1) is 6.48. The Bertz CT molecular complexity index is 255. The van der Waals surface area contributed by atoms with E-state index in [0.29, 0.717) is 0 Å². The fraction of sp³-hybridized carbons (Fsp3) is 0.600. The van der Waals surface area contributed by atoms with Gasteiger partial charge in [-0.1, -0.05) is 5.57 Å². The Labute approximate surface area is 86.7 Å². The Morgan fingerprint density at radius 2 is 1.53 bits per heavy atom. The van der Waals surface area contributed by atoms with Crippen molar-refractivity contribution in [2.24, 2.45) is 0 Å². The maximum Gasteiger partial charge on any atom is 0.478 e. The van der Waals surface area contributed by atoms with E-state index in [4.69, 9.17) is 24.7 Å². The minimum Gasteiger partial charge on any atom is -0.396 e. The van der Waals surface area contributed by atoms with Gasteiger partial charge in [-0.2, -0.15) is 4.31 Å². The van der Waals surface area contributed by atoms with Crippen LogP contribution in [0.1, 0.15) is 13.3 Å². The number of aliphatic hydroxyl groups is 1. The molecule has 15 heavy (non-hydrogen) atoms. The van der Waals surface area contributed by atoms with Crippen LogP contribution in [0.15, 0.2) is 12.2 Å². The van der Waals surface area contributed by atoms with Crippen LogP contribution < -0.4 is 0 Å². The number of rotatable bonds is 4. The fourth-order valence-corrected chi connectivity index (χ4v) is 1.44. The molecule has 92 valence electrons. The van der Waals surface area contributed by atoms with Crippen LogP contribution in [0.3, 0.4) is 0 Å². The summed E-state index contributed by atoms with van der Waals surface area (Å²) in [7, 11) is -10.1. The van der Waals surface area contributed by atoms with E-state index in [2.05, 4.69) is 10.9 Å². The van der Waals surface area contributed by atoms with Gasteiger partial charge in [0.2, 0.25) is 0 Å². The fourth-order valence-electron chi connectivity index (χ4n) is 0.329. The van der Waals surface area contributed by atoms with Crippen LogP contribution in [0.4, 0.5) is 0 Å². The Morgan fingerprint density at radius 1 is 1.20 bits per heavy atom. The maximum atomic E-state index is 9.63. The quantitative estimate of drug-likeness (QED) is 0.356. The first-order valence-corrected chi connectivity index (χ1v) is 6.61. The summed E-state index contributed by atoms with van der Waals surface area (Å²) in [5.41, 5.74) is 1.04. The largest absolute Gasteiger partial charge is 0.478 e. The van der Waals surface area contributed by atoms with Crippen molar-refractivity contribution in [3.63, 3.8) is 0 Å². The van der Waals surface area contributed by atoms with Crippen LogP contribution in [0.25, 0.3) is 0 Å². The van der Waals surface area contributed by atoms with Gasteiger partial charge >= 0.3 is 15.6 Å². The predicted octanol–water partition coefficient (Wildman–Crippen LogP) is 0.133. The lowest BCUT2D eigenvalue weighted by Crippen LogP contribution is -1.84. The zero-order valence-corrected chi connectivity index (χ0v) is 9.77. The van der Waals surface area contributed by atoms with E-state index in [9.17, 15) is 9.13 Å². The summed E-state index contributed by atoms with van der Waals surface area (Å²) in [6.07, 6.45) is 0.736. The molecule has 0 saturated carbocycles. The van der Waals surface area contributed by atoms with Crippen LogP contribution in [0.2, 0.25) is 0 Å². The molecule has 10 heteroatoms. The van der Waals surface area contributed by atoms with Crippen LogP contribution in [-0.4, -0.2) is 31.3 Å². The minimum atomic E-state index is -5.05. The lowest BCUT2D eigenvalue weighted by atomic mass is 10.3. The molecule has 5 N–H and O–H groups in total. The molecule has 0 saturated heterocycles. The number of aliphatic hydroxyl groups excluding tert-OH is 1. The van der Waals surface area contributed by atoms with E-state index >= 15 is 0 Å². The van der Waals surface area contributed by atoms with Crippen LogP contribution in [0, 0.1) is 0 Å². The summed E-state index contributed by atoms with van der Waals surface area (Å²) >= 11 is 0. The standard InChI is InChI=1S/C5H10O.H4O7P2/c1-5(2)3-4-6;1-8(2,3)7-9(4,5)6/h6H,1,3-4H2,2H3;(H2,1,2,3)(H2,4,5,6). The molecule has 0 aromatic rings. The Hall–Kier alpha value is -0.0400. The molecule has 0 aromatic heterocycles. The van der Waals surface area contributed by atoms with Gasteiger partial charge in [-0.25, -0.2) is 9.13 Å². The molecule has 0 atom stereocenters. The molecule has 0 amide bonds. The van der Waals surface area contributed by atoms with Gasteiger partial charge in [-0.05, 0) is 13.3 Å². The van der Waals surface area contributed by atoms with E-state index in [0.717, 1.165) is 12.0 Å². The van der Waals surface area contributed by atoms with E-state index in [1.807, 2.05) is 6.92 Å². The highest BCUT2D eigenvalue weighted by Gasteiger charge is 2.27. The van der Waals surface area contributed by atoms with Crippen molar-refractivity contribution in [3.8, 4) is 0 Å². The first kappa shape index (κ1) is 17.4. The second-order valence-corrected chi connectivity index (χ2v) is 5.11. The second kappa shape index (κ2) is 7.27. The van der Waals surface area contributed by atoms with E-state index < -0.39 is 15.6 Å². The van der Waals surface area contributed by atoms with Gasteiger partial charge in [-0.3, -0.25) is 0 Å². The van der Waals surface area contributed by atoms with Gasteiger partial charge < -0.3 is 24.7 Å². The average molecular weight is 264 g/mol. The van der Waals surface area contributed by atoms with Crippen molar-refractivity contribution in [3.05, 3.63) is 12.2 Å². The molecule has 0 aliphatic heterocycles. The summed E-state index contributed by atoms with van der Waals surface area (Å²) in [6.45, 7) is 5.72. The highest BCUT2D eigenvalue weighted by molar-refractivity contribution is 7.60. The van der Waals surface area contributed by atoms with Crippen molar-refractivity contribution in [2.45, 2.75) is 13.3 Å². The number of hydrogen-bond donors (Lipinski definition) is 5. The summed E-state index contributed by atoms with van der Waals surface area (Å²) < 4.78 is 22.2. The van der Waals surface area contributed by atoms with Gasteiger partial charge in [-0.15, -0.1) is 6.58 Å².